The van der Waals surface area contributed by atoms with Crippen LogP contribution in [-0.2, 0) is 17.9 Å². The summed E-state index contributed by atoms with van der Waals surface area (Å²) in [4.78, 5) is 32.9. The van der Waals surface area contributed by atoms with Crippen LogP contribution in [-0.4, -0.2) is 31.6 Å². The van der Waals surface area contributed by atoms with Crippen LogP contribution in [0.1, 0.15) is 12.8 Å². The SMILES string of the molecule is O=C(CCn1cnc2sccc2c1=O)NCCCn1ccnc1. The maximum atomic E-state index is 12.2. The van der Waals surface area contributed by atoms with Gasteiger partial charge in [0.2, 0.25) is 5.91 Å². The first-order valence-electron chi connectivity index (χ1n) is 7.39. The second-order valence-electron chi connectivity index (χ2n) is 5.14. The fraction of sp³-hybridized carbons (Fsp3) is 0.333. The standard InChI is InChI=1S/C15H17N5O2S/c21-13(17-4-1-6-19-8-5-16-10-19)2-7-20-11-18-14-12(15(20)22)3-9-23-14/h3,5,8-11H,1-2,4,6-7H2,(H,17,21). The van der Waals surface area contributed by atoms with E-state index in [4.69, 9.17) is 0 Å². The van der Waals surface area contributed by atoms with Crippen LogP contribution < -0.4 is 10.9 Å². The Kier molecular flexibility index (Phi) is 4.82. The number of aromatic nitrogens is 4. The molecule has 3 heterocycles. The Labute approximate surface area is 136 Å². The van der Waals surface area contributed by atoms with Crippen molar-refractivity contribution < 1.29 is 4.79 Å². The quantitative estimate of drug-likeness (QED) is 0.661. The first-order chi connectivity index (χ1) is 11.2. The molecule has 0 aromatic carbocycles. The number of imidazole rings is 1. The van der Waals surface area contributed by atoms with Crippen LogP contribution in [0.25, 0.3) is 10.2 Å². The Morgan fingerprint density at radius 2 is 2.22 bits per heavy atom. The molecule has 0 radical (unpaired) electrons. The van der Waals surface area contributed by atoms with Crippen molar-refractivity contribution in [2.45, 2.75) is 25.9 Å². The van der Waals surface area contributed by atoms with E-state index in [1.807, 2.05) is 16.1 Å². The summed E-state index contributed by atoms with van der Waals surface area (Å²) in [5.74, 6) is -0.0621. The number of rotatable bonds is 7. The number of aryl methyl sites for hydroxylation is 2. The minimum Gasteiger partial charge on any atom is -0.356 e. The Morgan fingerprint density at radius 3 is 3.04 bits per heavy atom. The highest BCUT2D eigenvalue weighted by molar-refractivity contribution is 7.16. The first-order valence-corrected chi connectivity index (χ1v) is 8.27. The number of hydrogen-bond acceptors (Lipinski definition) is 5. The van der Waals surface area contributed by atoms with Gasteiger partial charge in [0.25, 0.3) is 5.56 Å². The number of nitrogens with one attached hydrogen (secondary N) is 1. The summed E-state index contributed by atoms with van der Waals surface area (Å²) in [5, 5.41) is 5.31. The minimum absolute atomic E-state index is 0.0621. The zero-order valence-corrected chi connectivity index (χ0v) is 13.3. The molecule has 1 amide bonds. The number of carbonyl (C=O) groups excluding carboxylic acids is 1. The van der Waals surface area contributed by atoms with Gasteiger partial charge < -0.3 is 9.88 Å². The van der Waals surface area contributed by atoms with Gasteiger partial charge in [-0.3, -0.25) is 14.2 Å². The summed E-state index contributed by atoms with van der Waals surface area (Å²) in [6.45, 7) is 1.76. The van der Waals surface area contributed by atoms with Gasteiger partial charge in [0.1, 0.15) is 4.83 Å². The molecule has 1 N–H and O–H groups in total. The number of thiophene rings is 1. The Hall–Kier alpha value is -2.48. The molecule has 0 saturated heterocycles. The average Bonchev–Trinajstić information content (AvgIpc) is 3.22. The van der Waals surface area contributed by atoms with Crippen molar-refractivity contribution in [3.05, 3.63) is 46.8 Å². The molecule has 0 fully saturated rings. The van der Waals surface area contributed by atoms with Crippen LogP contribution in [0, 0.1) is 0 Å². The van der Waals surface area contributed by atoms with Crippen LogP contribution in [0.15, 0.2) is 41.3 Å². The molecule has 0 aliphatic heterocycles. The molecule has 8 heteroatoms. The third-order valence-electron chi connectivity index (χ3n) is 3.50. The van der Waals surface area contributed by atoms with Gasteiger partial charge in [-0.1, -0.05) is 0 Å². The van der Waals surface area contributed by atoms with Gasteiger partial charge in [0.15, 0.2) is 0 Å². The van der Waals surface area contributed by atoms with Gasteiger partial charge in [0, 0.05) is 38.4 Å². The second kappa shape index (κ2) is 7.19. The van der Waals surface area contributed by atoms with Crippen molar-refractivity contribution >= 4 is 27.5 Å². The van der Waals surface area contributed by atoms with E-state index in [0.29, 0.717) is 18.5 Å². The van der Waals surface area contributed by atoms with E-state index in [1.165, 1.54) is 22.2 Å². The Morgan fingerprint density at radius 1 is 1.30 bits per heavy atom. The molecule has 0 atom stereocenters. The average molecular weight is 331 g/mol. The molecule has 0 bridgehead atoms. The predicted molar refractivity (Wildman–Crippen MR) is 88.4 cm³/mol. The maximum absolute atomic E-state index is 12.2. The number of carbonyl (C=O) groups is 1. The number of hydrogen-bond donors (Lipinski definition) is 1. The van der Waals surface area contributed by atoms with Crippen LogP contribution in [0.2, 0.25) is 0 Å². The minimum atomic E-state index is -0.0934. The highest BCUT2D eigenvalue weighted by atomic mass is 32.1. The second-order valence-corrected chi connectivity index (χ2v) is 6.03. The van der Waals surface area contributed by atoms with Crippen molar-refractivity contribution in [3.8, 4) is 0 Å². The summed E-state index contributed by atoms with van der Waals surface area (Å²) >= 11 is 1.44. The molecule has 7 nitrogen and oxygen atoms in total. The summed E-state index contributed by atoms with van der Waals surface area (Å²) < 4.78 is 3.45. The molecule has 0 spiro atoms. The zero-order chi connectivity index (χ0) is 16.1. The Balaban J connectivity index is 1.44. The topological polar surface area (TPSA) is 81.8 Å². The van der Waals surface area contributed by atoms with Gasteiger partial charge in [-0.05, 0) is 17.9 Å². The van der Waals surface area contributed by atoms with Crippen LogP contribution in [0.5, 0.6) is 0 Å². The molecule has 23 heavy (non-hydrogen) atoms. The number of amides is 1. The molecule has 120 valence electrons. The summed E-state index contributed by atoms with van der Waals surface area (Å²) in [6, 6.07) is 1.77. The monoisotopic (exact) mass is 331 g/mol. The van der Waals surface area contributed by atoms with Crippen molar-refractivity contribution in [3.63, 3.8) is 0 Å². The van der Waals surface area contributed by atoms with E-state index in [-0.39, 0.29) is 17.9 Å². The van der Waals surface area contributed by atoms with Crippen LogP contribution in [0.3, 0.4) is 0 Å². The molecular formula is C15H17N5O2S. The van der Waals surface area contributed by atoms with Crippen molar-refractivity contribution in [1.82, 2.24) is 24.4 Å². The first kappa shape index (κ1) is 15.4. The number of fused-ring (bicyclic) bond motifs is 1. The smallest absolute Gasteiger partial charge is 0.262 e. The molecule has 3 aromatic heterocycles. The van der Waals surface area contributed by atoms with E-state index in [0.717, 1.165) is 17.8 Å². The fourth-order valence-electron chi connectivity index (χ4n) is 2.27. The van der Waals surface area contributed by atoms with E-state index < -0.39 is 0 Å². The van der Waals surface area contributed by atoms with E-state index in [2.05, 4.69) is 15.3 Å². The van der Waals surface area contributed by atoms with Gasteiger partial charge in [-0.2, -0.15) is 0 Å². The predicted octanol–water partition coefficient (Wildman–Crippen LogP) is 1.25. The van der Waals surface area contributed by atoms with E-state index in [9.17, 15) is 9.59 Å². The van der Waals surface area contributed by atoms with Gasteiger partial charge in [-0.15, -0.1) is 11.3 Å². The maximum Gasteiger partial charge on any atom is 0.262 e. The highest BCUT2D eigenvalue weighted by Gasteiger charge is 2.07. The molecule has 3 rings (SSSR count). The van der Waals surface area contributed by atoms with Crippen LogP contribution in [0.4, 0.5) is 0 Å². The third-order valence-corrected chi connectivity index (χ3v) is 4.33. The lowest BCUT2D eigenvalue weighted by Gasteiger charge is -2.07. The van der Waals surface area contributed by atoms with Crippen LogP contribution >= 0.6 is 11.3 Å². The zero-order valence-electron chi connectivity index (χ0n) is 12.5. The van der Waals surface area contributed by atoms with Crippen molar-refractivity contribution in [2.24, 2.45) is 0 Å². The lowest BCUT2D eigenvalue weighted by atomic mass is 10.3. The lowest BCUT2D eigenvalue weighted by molar-refractivity contribution is -0.121. The normalized spacial score (nSPS) is 11.0. The molecule has 0 saturated carbocycles. The molecule has 3 aromatic rings. The van der Waals surface area contributed by atoms with Gasteiger partial charge >= 0.3 is 0 Å². The van der Waals surface area contributed by atoms with E-state index in [1.54, 1.807) is 18.6 Å². The van der Waals surface area contributed by atoms with Crippen molar-refractivity contribution in [2.75, 3.05) is 6.54 Å². The third kappa shape index (κ3) is 3.84. The van der Waals surface area contributed by atoms with Gasteiger partial charge in [0.05, 0.1) is 18.0 Å². The highest BCUT2D eigenvalue weighted by Crippen LogP contribution is 2.13. The molecule has 0 aliphatic carbocycles. The molecular weight excluding hydrogens is 314 g/mol. The van der Waals surface area contributed by atoms with E-state index >= 15 is 0 Å². The van der Waals surface area contributed by atoms with Gasteiger partial charge in [-0.25, -0.2) is 9.97 Å². The molecule has 0 aliphatic rings. The largest absolute Gasteiger partial charge is 0.356 e. The summed E-state index contributed by atoms with van der Waals surface area (Å²) in [6.07, 6.45) is 7.98. The fourth-order valence-corrected chi connectivity index (χ4v) is 2.99. The van der Waals surface area contributed by atoms with Crippen molar-refractivity contribution in [1.29, 1.82) is 0 Å². The number of nitrogens with zero attached hydrogens (tertiary/aromatic N) is 4. The Bertz CT molecular complexity index is 837. The lowest BCUT2D eigenvalue weighted by Crippen LogP contribution is -2.28. The molecule has 0 unspecified atom stereocenters. The summed E-state index contributed by atoms with van der Waals surface area (Å²) in [7, 11) is 0. The summed E-state index contributed by atoms with van der Waals surface area (Å²) in [5.41, 5.74) is -0.0934.